The second-order valence-electron chi connectivity index (χ2n) is 10.5. The van der Waals surface area contributed by atoms with Crippen LogP contribution in [0.25, 0.3) is 10.8 Å². The summed E-state index contributed by atoms with van der Waals surface area (Å²) in [5, 5.41) is 15.4. The lowest BCUT2D eigenvalue weighted by Crippen LogP contribution is -2.14. The van der Waals surface area contributed by atoms with Crippen molar-refractivity contribution in [1.82, 2.24) is 0 Å². The van der Waals surface area contributed by atoms with Crippen molar-refractivity contribution >= 4 is 40.1 Å². The molecular formula is C34H45NO5S. The van der Waals surface area contributed by atoms with Crippen LogP contribution in [-0.2, 0) is 9.53 Å². The number of amides is 1. The van der Waals surface area contributed by atoms with Gasteiger partial charge in [0, 0.05) is 16.0 Å². The molecule has 0 unspecified atom stereocenters. The third-order valence-electron chi connectivity index (χ3n) is 7.15. The zero-order valence-corrected chi connectivity index (χ0v) is 25.6. The topological polar surface area (TPSA) is 84.9 Å². The molecule has 0 atom stereocenters. The zero-order chi connectivity index (χ0) is 29.5. The first-order valence-corrected chi connectivity index (χ1v) is 15.9. The maximum Gasteiger partial charge on any atom is 0.306 e. The molecule has 3 aromatic rings. The Morgan fingerprint density at radius 3 is 2.22 bits per heavy atom. The molecule has 2 N–H and O–H groups in total. The van der Waals surface area contributed by atoms with Crippen LogP contribution in [0.4, 0.5) is 5.69 Å². The third kappa shape index (κ3) is 10.3. The number of phenols is 1. The lowest BCUT2D eigenvalue weighted by atomic mass is 10.0. The Bertz CT molecular complexity index is 1280. The molecule has 0 radical (unpaired) electrons. The van der Waals surface area contributed by atoms with Gasteiger partial charge in [-0.2, -0.15) is 0 Å². The van der Waals surface area contributed by atoms with Crippen molar-refractivity contribution in [3.05, 3.63) is 59.7 Å². The van der Waals surface area contributed by atoms with Crippen LogP contribution in [0.5, 0.6) is 11.5 Å². The predicted octanol–water partition coefficient (Wildman–Crippen LogP) is 9.06. The van der Waals surface area contributed by atoms with Crippen LogP contribution in [0.1, 0.15) is 93.5 Å². The van der Waals surface area contributed by atoms with Crippen LogP contribution in [-0.4, -0.2) is 36.5 Å². The minimum Gasteiger partial charge on any atom is -0.506 e. The van der Waals surface area contributed by atoms with Crippen molar-refractivity contribution in [2.24, 2.45) is 0 Å². The summed E-state index contributed by atoms with van der Waals surface area (Å²) in [6, 6.07) is 14.8. The lowest BCUT2D eigenvalue weighted by molar-refractivity contribution is -0.140. The molecule has 0 aliphatic carbocycles. The summed E-state index contributed by atoms with van der Waals surface area (Å²) >= 11 is 1.45. The molecule has 0 aliphatic heterocycles. The van der Waals surface area contributed by atoms with Gasteiger partial charge in [0.05, 0.1) is 31.4 Å². The molecule has 0 fully saturated rings. The molecule has 6 nitrogen and oxygen atoms in total. The van der Waals surface area contributed by atoms with Crippen LogP contribution < -0.4 is 10.1 Å². The number of benzene rings is 3. The average Bonchev–Trinajstić information content (AvgIpc) is 2.97. The van der Waals surface area contributed by atoms with E-state index in [1.807, 2.05) is 43.3 Å². The van der Waals surface area contributed by atoms with Gasteiger partial charge in [-0.1, -0.05) is 95.0 Å². The predicted molar refractivity (Wildman–Crippen MR) is 169 cm³/mol. The Hall–Kier alpha value is -3.19. The van der Waals surface area contributed by atoms with Gasteiger partial charge in [-0.25, -0.2) is 0 Å². The highest BCUT2D eigenvalue weighted by atomic mass is 32.2. The number of anilines is 1. The Balaban J connectivity index is 1.62. The van der Waals surface area contributed by atoms with E-state index in [2.05, 4.69) is 12.2 Å². The largest absolute Gasteiger partial charge is 0.506 e. The van der Waals surface area contributed by atoms with Crippen LogP contribution in [0.2, 0.25) is 0 Å². The van der Waals surface area contributed by atoms with E-state index in [1.165, 1.54) is 70.2 Å². The fourth-order valence-electron chi connectivity index (χ4n) is 4.79. The summed E-state index contributed by atoms with van der Waals surface area (Å²) in [6.07, 6.45) is 12.8. The van der Waals surface area contributed by atoms with Gasteiger partial charge in [-0.05, 0) is 42.5 Å². The Morgan fingerprint density at radius 1 is 0.878 bits per heavy atom. The number of aryl methyl sites for hydroxylation is 1. The third-order valence-corrected chi connectivity index (χ3v) is 8.21. The quantitative estimate of drug-likeness (QED) is 0.0888. The van der Waals surface area contributed by atoms with Crippen LogP contribution in [0, 0.1) is 6.92 Å². The van der Waals surface area contributed by atoms with Crippen molar-refractivity contribution in [3.63, 3.8) is 0 Å². The minimum absolute atomic E-state index is 0.0732. The molecule has 0 saturated heterocycles. The number of hydrogen-bond donors (Lipinski definition) is 2. The number of thioether (sulfide) groups is 1. The highest BCUT2D eigenvalue weighted by molar-refractivity contribution is 7.99. The minimum atomic E-state index is -0.419. The summed E-state index contributed by atoms with van der Waals surface area (Å²) in [7, 11) is 1.37. The molecule has 3 aromatic carbocycles. The van der Waals surface area contributed by atoms with Crippen molar-refractivity contribution < 1.29 is 24.2 Å². The van der Waals surface area contributed by atoms with Crippen molar-refractivity contribution in [3.8, 4) is 11.5 Å². The number of fused-ring (bicyclic) bond motifs is 1. The van der Waals surface area contributed by atoms with E-state index in [1.54, 1.807) is 12.1 Å². The van der Waals surface area contributed by atoms with Gasteiger partial charge in [0.1, 0.15) is 11.5 Å². The number of hydrogen-bond acceptors (Lipinski definition) is 6. The van der Waals surface area contributed by atoms with Gasteiger partial charge < -0.3 is 19.9 Å². The highest BCUT2D eigenvalue weighted by Gasteiger charge is 2.19. The van der Waals surface area contributed by atoms with E-state index in [-0.39, 0.29) is 23.7 Å². The number of rotatable bonds is 18. The molecule has 3 rings (SSSR count). The Labute approximate surface area is 249 Å². The average molecular weight is 580 g/mol. The van der Waals surface area contributed by atoms with Crippen LogP contribution in [0.3, 0.4) is 0 Å². The van der Waals surface area contributed by atoms with Gasteiger partial charge in [0.15, 0.2) is 0 Å². The van der Waals surface area contributed by atoms with Gasteiger partial charge in [-0.3, -0.25) is 9.59 Å². The number of aromatic hydroxyl groups is 1. The first-order valence-electron chi connectivity index (χ1n) is 14.9. The summed E-state index contributed by atoms with van der Waals surface area (Å²) in [5.74, 6) is 0.335. The molecule has 1 amide bonds. The number of esters is 1. The summed E-state index contributed by atoms with van der Waals surface area (Å²) < 4.78 is 10.8. The Morgan fingerprint density at radius 2 is 1.54 bits per heavy atom. The number of carbonyl (C=O) groups is 2. The number of nitrogens with one attached hydrogen (secondary N) is 1. The smallest absolute Gasteiger partial charge is 0.306 e. The van der Waals surface area contributed by atoms with E-state index in [0.717, 1.165) is 28.7 Å². The number of phenolic OH excluding ortho intramolecular Hbond substituents is 1. The molecule has 0 aliphatic rings. The van der Waals surface area contributed by atoms with Crippen LogP contribution >= 0.6 is 11.8 Å². The van der Waals surface area contributed by atoms with Gasteiger partial charge in [-0.15, -0.1) is 11.8 Å². The molecule has 0 aromatic heterocycles. The first kappa shape index (κ1) is 32.3. The number of ether oxygens (including phenoxy) is 2. The summed E-state index contributed by atoms with van der Waals surface area (Å²) in [4.78, 5) is 25.9. The SMILES string of the molecule is CCCCCCCCCCCCOc1ccc(C)cc1NC(=O)c1cc(SCCC(=O)OC)c2ccccc2c1O. The molecule has 0 saturated carbocycles. The Kier molecular flexibility index (Phi) is 13.9. The fourth-order valence-corrected chi connectivity index (χ4v) is 5.82. The highest BCUT2D eigenvalue weighted by Crippen LogP contribution is 2.37. The maximum absolute atomic E-state index is 13.5. The standard InChI is InChI=1S/C34H45NO5S/c1-4-5-6-7-8-9-10-11-12-15-21-40-30-19-18-25(2)23-29(30)35-34(38)28-24-31(41-22-20-32(36)39-3)26-16-13-14-17-27(26)33(28)37/h13-14,16-19,23-24,37H,4-12,15,20-22H2,1-3H3,(H,35,38). The van der Waals surface area contributed by atoms with Crippen molar-refractivity contribution in [1.29, 1.82) is 0 Å². The zero-order valence-electron chi connectivity index (χ0n) is 24.8. The maximum atomic E-state index is 13.5. The molecule has 41 heavy (non-hydrogen) atoms. The molecule has 0 spiro atoms. The number of carbonyl (C=O) groups excluding carboxylic acids is 2. The number of methoxy groups -OCH3 is 1. The van der Waals surface area contributed by atoms with Gasteiger partial charge in [0.25, 0.3) is 5.91 Å². The van der Waals surface area contributed by atoms with Crippen molar-refractivity contribution in [2.45, 2.75) is 89.4 Å². The van der Waals surface area contributed by atoms with E-state index in [9.17, 15) is 14.7 Å². The normalized spacial score (nSPS) is 11.0. The molecule has 7 heteroatoms. The van der Waals surface area contributed by atoms with Crippen LogP contribution in [0.15, 0.2) is 53.4 Å². The second-order valence-corrected chi connectivity index (χ2v) is 11.6. The second kappa shape index (κ2) is 17.6. The molecule has 0 bridgehead atoms. The first-order chi connectivity index (χ1) is 19.9. The van der Waals surface area contributed by atoms with E-state index in [0.29, 0.717) is 29.2 Å². The molecule has 222 valence electrons. The van der Waals surface area contributed by atoms with E-state index in [4.69, 9.17) is 9.47 Å². The van der Waals surface area contributed by atoms with Gasteiger partial charge >= 0.3 is 5.97 Å². The van der Waals surface area contributed by atoms with E-state index >= 15 is 0 Å². The molecule has 0 heterocycles. The lowest BCUT2D eigenvalue weighted by Gasteiger charge is -2.16. The van der Waals surface area contributed by atoms with Crippen molar-refractivity contribution in [2.75, 3.05) is 24.8 Å². The number of unbranched alkanes of at least 4 members (excludes halogenated alkanes) is 9. The molecular weight excluding hydrogens is 534 g/mol. The summed E-state index contributed by atoms with van der Waals surface area (Å²) in [6.45, 7) is 4.80. The fraction of sp³-hybridized carbons (Fsp3) is 0.471. The van der Waals surface area contributed by atoms with E-state index < -0.39 is 5.91 Å². The summed E-state index contributed by atoms with van der Waals surface area (Å²) in [5.41, 5.74) is 1.74. The van der Waals surface area contributed by atoms with Gasteiger partial charge in [0.2, 0.25) is 0 Å². The monoisotopic (exact) mass is 579 g/mol.